The predicted molar refractivity (Wildman–Crippen MR) is 81.6 cm³/mol. The molecule has 0 aromatic heterocycles. The lowest BCUT2D eigenvalue weighted by molar-refractivity contribution is -0.134. The van der Waals surface area contributed by atoms with Crippen molar-refractivity contribution in [2.24, 2.45) is 0 Å². The molecule has 104 valence electrons. The fraction of sp³-hybridized carbons (Fsp3) is 0.357. The van der Waals surface area contributed by atoms with Crippen molar-refractivity contribution in [2.45, 2.75) is 29.7 Å². The lowest BCUT2D eigenvalue weighted by Crippen LogP contribution is -2.50. The summed E-state index contributed by atoms with van der Waals surface area (Å²) in [5.74, 6) is -0.564. The molecule has 2 nitrogen and oxygen atoms in total. The Balaban J connectivity index is 3.07. The summed E-state index contributed by atoms with van der Waals surface area (Å²) >= 11 is 17.1. The second-order valence-corrected chi connectivity index (χ2v) is 7.01. The molecule has 0 fully saturated rings. The van der Waals surface area contributed by atoms with Gasteiger partial charge < -0.3 is 4.90 Å². The Morgan fingerprint density at radius 2 is 1.79 bits per heavy atom. The molecule has 5 heteroatoms. The van der Waals surface area contributed by atoms with E-state index in [1.807, 2.05) is 44.2 Å². The van der Waals surface area contributed by atoms with E-state index in [1.54, 1.807) is 6.08 Å². The molecule has 0 unspecified atom stereocenters. The van der Waals surface area contributed by atoms with Crippen LogP contribution in [0.2, 0.25) is 0 Å². The molecule has 0 atom stereocenters. The fourth-order valence-corrected chi connectivity index (χ4v) is 1.87. The van der Waals surface area contributed by atoms with Crippen LogP contribution in [-0.4, -0.2) is 20.1 Å². The zero-order chi connectivity index (χ0) is 14.7. The van der Waals surface area contributed by atoms with Crippen molar-refractivity contribution in [3.8, 4) is 0 Å². The van der Waals surface area contributed by atoms with Crippen molar-refractivity contribution >= 4 is 40.7 Å². The first-order valence-corrected chi connectivity index (χ1v) is 6.88. The van der Waals surface area contributed by atoms with Gasteiger partial charge in [0, 0.05) is 6.54 Å². The largest absolute Gasteiger partial charge is 0.326 e. The van der Waals surface area contributed by atoms with Crippen LogP contribution in [0.3, 0.4) is 0 Å². The third kappa shape index (κ3) is 4.41. The molecular formula is C14H16Cl3NO. The minimum absolute atomic E-state index is 0.354. The van der Waals surface area contributed by atoms with E-state index in [0.29, 0.717) is 6.54 Å². The van der Waals surface area contributed by atoms with Crippen molar-refractivity contribution in [3.05, 3.63) is 48.6 Å². The van der Waals surface area contributed by atoms with Gasteiger partial charge in [-0.1, -0.05) is 71.2 Å². The van der Waals surface area contributed by atoms with E-state index in [1.165, 1.54) is 4.90 Å². The molecule has 0 bridgehead atoms. The summed E-state index contributed by atoms with van der Waals surface area (Å²) in [4.78, 5) is 13.8. The number of halogens is 3. The minimum atomic E-state index is -1.98. The first kappa shape index (κ1) is 16.4. The molecule has 0 spiro atoms. The normalized spacial score (nSPS) is 12.1. The number of alkyl halides is 3. The maximum atomic E-state index is 12.3. The quantitative estimate of drug-likeness (QED) is 0.596. The molecule has 0 aliphatic heterocycles. The smallest absolute Gasteiger partial charge is 0.275 e. The maximum absolute atomic E-state index is 12.3. The Bertz CT molecular complexity index is 452. The van der Waals surface area contributed by atoms with E-state index in [4.69, 9.17) is 34.8 Å². The van der Waals surface area contributed by atoms with Gasteiger partial charge in [-0.25, -0.2) is 0 Å². The molecule has 0 N–H and O–H groups in total. The topological polar surface area (TPSA) is 20.3 Å². The van der Waals surface area contributed by atoms with Crippen molar-refractivity contribution in [1.82, 2.24) is 4.90 Å². The van der Waals surface area contributed by atoms with Gasteiger partial charge in [-0.15, -0.1) is 6.58 Å². The average molecular weight is 321 g/mol. The third-order valence-corrected chi connectivity index (χ3v) is 3.35. The van der Waals surface area contributed by atoms with E-state index in [0.717, 1.165) is 5.56 Å². The van der Waals surface area contributed by atoms with Gasteiger partial charge in [-0.2, -0.15) is 0 Å². The summed E-state index contributed by atoms with van der Waals surface area (Å²) in [5.41, 5.74) is 0.344. The molecule has 0 radical (unpaired) electrons. The Morgan fingerprint density at radius 3 is 2.21 bits per heavy atom. The van der Waals surface area contributed by atoms with E-state index in [2.05, 4.69) is 6.58 Å². The van der Waals surface area contributed by atoms with Crippen LogP contribution < -0.4 is 0 Å². The van der Waals surface area contributed by atoms with Crippen molar-refractivity contribution in [2.75, 3.05) is 0 Å². The number of hydrogen-bond acceptors (Lipinski definition) is 1. The molecule has 1 amide bonds. The van der Waals surface area contributed by atoms with Crippen LogP contribution in [0.4, 0.5) is 0 Å². The lowest BCUT2D eigenvalue weighted by atomic mass is 10.0. The highest BCUT2D eigenvalue weighted by molar-refractivity contribution is 6.76. The van der Waals surface area contributed by atoms with Gasteiger partial charge in [0.1, 0.15) is 0 Å². The average Bonchev–Trinajstić information content (AvgIpc) is 2.35. The van der Waals surface area contributed by atoms with Crippen LogP contribution in [0.5, 0.6) is 0 Å². The zero-order valence-electron chi connectivity index (χ0n) is 10.9. The number of rotatable bonds is 4. The van der Waals surface area contributed by atoms with Gasteiger partial charge in [0.05, 0.1) is 5.54 Å². The molecular weight excluding hydrogens is 305 g/mol. The van der Waals surface area contributed by atoms with Crippen molar-refractivity contribution < 1.29 is 4.79 Å². The van der Waals surface area contributed by atoms with Gasteiger partial charge in [-0.3, -0.25) is 4.79 Å². The minimum Gasteiger partial charge on any atom is -0.326 e. The number of nitrogens with zero attached hydrogens (tertiary/aromatic N) is 1. The fourth-order valence-electron chi connectivity index (χ4n) is 1.57. The highest BCUT2D eigenvalue weighted by atomic mass is 35.6. The van der Waals surface area contributed by atoms with Gasteiger partial charge in [0.15, 0.2) is 0 Å². The van der Waals surface area contributed by atoms with Gasteiger partial charge in [0.25, 0.3) is 9.70 Å². The summed E-state index contributed by atoms with van der Waals surface area (Å²) < 4.78 is -1.98. The van der Waals surface area contributed by atoms with Crippen LogP contribution in [0.1, 0.15) is 19.4 Å². The highest BCUT2D eigenvalue weighted by Gasteiger charge is 2.40. The molecule has 0 aliphatic carbocycles. The molecule has 19 heavy (non-hydrogen) atoms. The van der Waals surface area contributed by atoms with Crippen molar-refractivity contribution in [3.63, 3.8) is 0 Å². The molecule has 1 aromatic rings. The van der Waals surface area contributed by atoms with Crippen LogP contribution in [0.25, 0.3) is 0 Å². The second kappa shape index (κ2) is 6.17. The molecule has 1 rings (SSSR count). The molecule has 0 saturated carbocycles. The second-order valence-electron chi connectivity index (χ2n) is 4.73. The number of carbonyl (C=O) groups excluding carboxylic acids is 1. The van der Waals surface area contributed by atoms with Crippen molar-refractivity contribution in [1.29, 1.82) is 0 Å². The Hall–Kier alpha value is -0.700. The van der Waals surface area contributed by atoms with Crippen LogP contribution in [-0.2, 0) is 11.3 Å². The predicted octanol–water partition coefficient (Wildman–Crippen LogP) is 4.35. The molecule has 0 heterocycles. The summed E-state index contributed by atoms with van der Waals surface area (Å²) in [6.45, 7) is 7.78. The van der Waals surface area contributed by atoms with Gasteiger partial charge >= 0.3 is 0 Å². The Kier molecular flexibility index (Phi) is 5.31. The molecule has 0 saturated heterocycles. The molecule has 0 aliphatic rings. The summed E-state index contributed by atoms with van der Waals surface area (Å²) in [7, 11) is 0. The maximum Gasteiger partial charge on any atom is 0.275 e. The van der Waals surface area contributed by atoms with Crippen LogP contribution in [0, 0.1) is 0 Å². The Labute approximate surface area is 128 Å². The number of carbonyl (C=O) groups is 1. The van der Waals surface area contributed by atoms with Crippen LogP contribution in [0.15, 0.2) is 43.0 Å². The Morgan fingerprint density at radius 1 is 1.26 bits per heavy atom. The van der Waals surface area contributed by atoms with E-state index < -0.39 is 15.2 Å². The standard InChI is InChI=1S/C14H16Cl3NO/c1-4-13(2,3)18(12(19)14(15,16)17)10-11-8-6-5-7-9-11/h4-9H,1,10H2,2-3H3. The number of amides is 1. The lowest BCUT2D eigenvalue weighted by Gasteiger charge is -2.38. The van der Waals surface area contributed by atoms with Gasteiger partial charge in [0.2, 0.25) is 0 Å². The number of benzene rings is 1. The monoisotopic (exact) mass is 319 g/mol. The van der Waals surface area contributed by atoms with Crippen LogP contribution >= 0.6 is 34.8 Å². The van der Waals surface area contributed by atoms with E-state index >= 15 is 0 Å². The number of hydrogen-bond donors (Lipinski definition) is 0. The summed E-state index contributed by atoms with van der Waals surface area (Å²) in [6.07, 6.45) is 1.66. The highest BCUT2D eigenvalue weighted by Crippen LogP contribution is 2.32. The van der Waals surface area contributed by atoms with Gasteiger partial charge in [-0.05, 0) is 19.4 Å². The first-order chi connectivity index (χ1) is 8.68. The summed E-state index contributed by atoms with van der Waals surface area (Å²) in [6, 6.07) is 9.53. The zero-order valence-corrected chi connectivity index (χ0v) is 13.1. The molecule has 1 aromatic carbocycles. The SMILES string of the molecule is C=CC(C)(C)N(Cc1ccccc1)C(=O)C(Cl)(Cl)Cl. The van der Waals surface area contributed by atoms with E-state index in [9.17, 15) is 4.79 Å². The van der Waals surface area contributed by atoms with E-state index in [-0.39, 0.29) is 0 Å². The first-order valence-electron chi connectivity index (χ1n) is 5.75. The summed E-state index contributed by atoms with van der Waals surface area (Å²) in [5, 5.41) is 0. The third-order valence-electron chi connectivity index (χ3n) is 2.87.